The van der Waals surface area contributed by atoms with Crippen LogP contribution in [0.5, 0.6) is 5.75 Å². The zero-order valence-corrected chi connectivity index (χ0v) is 11.5. The van der Waals surface area contributed by atoms with Gasteiger partial charge in [-0.25, -0.2) is 0 Å². The third-order valence-electron chi connectivity index (χ3n) is 3.95. The van der Waals surface area contributed by atoms with Gasteiger partial charge in [-0.1, -0.05) is 0 Å². The summed E-state index contributed by atoms with van der Waals surface area (Å²) in [7, 11) is 1.57. The van der Waals surface area contributed by atoms with E-state index in [1.54, 1.807) is 31.4 Å². The third-order valence-corrected chi connectivity index (χ3v) is 3.95. The molecule has 0 aliphatic heterocycles. The molecular weight excluding hydrogens is 254 g/mol. The van der Waals surface area contributed by atoms with Gasteiger partial charge in [-0.05, 0) is 43.5 Å². The molecule has 0 amide bonds. The van der Waals surface area contributed by atoms with Crippen LogP contribution in [0.1, 0.15) is 42.5 Å². The molecule has 0 unspecified atom stereocenters. The highest BCUT2D eigenvalue weighted by Gasteiger charge is 2.42. The number of hydrogen-bond donors (Lipinski definition) is 0. The SMILES string of the molecule is COc1ccc(C(=O)CC[C@@]2(C#N)CCCC2=O)cc1. The first kappa shape index (κ1) is 14.3. The van der Waals surface area contributed by atoms with E-state index >= 15 is 0 Å². The molecule has 1 aliphatic carbocycles. The molecule has 1 aliphatic rings. The van der Waals surface area contributed by atoms with Crippen LogP contribution in [-0.4, -0.2) is 18.7 Å². The lowest BCUT2D eigenvalue weighted by Crippen LogP contribution is -2.24. The van der Waals surface area contributed by atoms with E-state index in [4.69, 9.17) is 4.74 Å². The summed E-state index contributed by atoms with van der Waals surface area (Å²) in [4.78, 5) is 23.9. The highest BCUT2D eigenvalue weighted by molar-refractivity contribution is 5.97. The van der Waals surface area contributed by atoms with E-state index in [9.17, 15) is 14.9 Å². The van der Waals surface area contributed by atoms with Gasteiger partial charge in [0.1, 0.15) is 11.2 Å². The molecular formula is C16H17NO3. The van der Waals surface area contributed by atoms with Gasteiger partial charge >= 0.3 is 0 Å². The van der Waals surface area contributed by atoms with Crippen LogP contribution in [0.2, 0.25) is 0 Å². The summed E-state index contributed by atoms with van der Waals surface area (Å²) < 4.78 is 5.04. The van der Waals surface area contributed by atoms with Crippen LogP contribution >= 0.6 is 0 Å². The van der Waals surface area contributed by atoms with Gasteiger partial charge in [0.2, 0.25) is 0 Å². The van der Waals surface area contributed by atoms with Crippen molar-refractivity contribution in [2.75, 3.05) is 7.11 Å². The van der Waals surface area contributed by atoms with Crippen LogP contribution < -0.4 is 4.74 Å². The maximum absolute atomic E-state index is 12.1. The van der Waals surface area contributed by atoms with E-state index in [0.29, 0.717) is 30.6 Å². The quantitative estimate of drug-likeness (QED) is 0.772. The first-order valence-corrected chi connectivity index (χ1v) is 6.73. The fraction of sp³-hybridized carbons (Fsp3) is 0.438. The molecule has 20 heavy (non-hydrogen) atoms. The minimum atomic E-state index is -0.928. The maximum atomic E-state index is 12.1. The summed E-state index contributed by atoms with van der Waals surface area (Å²) in [6.45, 7) is 0. The van der Waals surface area contributed by atoms with Gasteiger partial charge < -0.3 is 4.74 Å². The molecule has 2 rings (SSSR count). The van der Waals surface area contributed by atoms with E-state index in [2.05, 4.69) is 6.07 Å². The number of Topliss-reactive ketones (excluding diaryl/α,β-unsaturated/α-hetero) is 2. The summed E-state index contributed by atoms with van der Waals surface area (Å²) >= 11 is 0. The van der Waals surface area contributed by atoms with Crippen LogP contribution in [0.3, 0.4) is 0 Å². The molecule has 1 fully saturated rings. The summed E-state index contributed by atoms with van der Waals surface area (Å²) in [5.41, 5.74) is -0.341. The lowest BCUT2D eigenvalue weighted by atomic mass is 9.81. The van der Waals surface area contributed by atoms with Gasteiger partial charge in [-0.15, -0.1) is 0 Å². The molecule has 4 nitrogen and oxygen atoms in total. The number of rotatable bonds is 5. The number of nitrogens with zero attached hydrogens (tertiary/aromatic N) is 1. The Morgan fingerprint density at radius 3 is 2.60 bits per heavy atom. The standard InChI is InChI=1S/C16H17NO3/c1-20-13-6-4-12(5-7-13)14(18)8-10-16(11-17)9-2-3-15(16)19/h4-7H,2-3,8-10H2,1H3/t16-/m1/s1. The van der Waals surface area contributed by atoms with Crippen molar-refractivity contribution in [2.45, 2.75) is 32.1 Å². The van der Waals surface area contributed by atoms with E-state index in [1.165, 1.54) is 0 Å². The summed E-state index contributed by atoms with van der Waals surface area (Å²) in [5, 5.41) is 9.24. The molecule has 0 saturated heterocycles. The smallest absolute Gasteiger partial charge is 0.162 e. The molecule has 1 atom stereocenters. The number of nitriles is 1. The first-order chi connectivity index (χ1) is 9.61. The highest BCUT2D eigenvalue weighted by atomic mass is 16.5. The van der Waals surface area contributed by atoms with Crippen molar-refractivity contribution in [3.63, 3.8) is 0 Å². The summed E-state index contributed by atoms with van der Waals surface area (Å²) in [6.07, 6.45) is 2.35. The minimum Gasteiger partial charge on any atom is -0.497 e. The second kappa shape index (κ2) is 5.87. The van der Waals surface area contributed by atoms with Gasteiger partial charge in [0, 0.05) is 18.4 Å². The van der Waals surface area contributed by atoms with Gasteiger partial charge in [0.05, 0.1) is 13.2 Å². The molecule has 0 N–H and O–H groups in total. The molecule has 104 valence electrons. The molecule has 0 bridgehead atoms. The van der Waals surface area contributed by atoms with Crippen LogP contribution in [0, 0.1) is 16.7 Å². The fourth-order valence-electron chi connectivity index (χ4n) is 2.62. The van der Waals surface area contributed by atoms with Crippen molar-refractivity contribution in [3.8, 4) is 11.8 Å². The number of benzene rings is 1. The van der Waals surface area contributed by atoms with E-state index in [-0.39, 0.29) is 18.0 Å². The summed E-state index contributed by atoms with van der Waals surface area (Å²) in [6, 6.07) is 9.00. The molecule has 0 aromatic heterocycles. The topological polar surface area (TPSA) is 67.2 Å². The molecule has 1 aromatic rings. The Bertz CT molecular complexity index is 556. The van der Waals surface area contributed by atoms with Crippen molar-refractivity contribution in [1.82, 2.24) is 0 Å². The number of ether oxygens (including phenoxy) is 1. The Morgan fingerprint density at radius 2 is 2.10 bits per heavy atom. The zero-order valence-electron chi connectivity index (χ0n) is 11.5. The first-order valence-electron chi connectivity index (χ1n) is 6.73. The summed E-state index contributed by atoms with van der Waals surface area (Å²) in [5.74, 6) is 0.644. The largest absolute Gasteiger partial charge is 0.497 e. The van der Waals surface area contributed by atoms with Crippen LogP contribution in [0.4, 0.5) is 0 Å². The molecule has 4 heteroatoms. The average Bonchev–Trinajstić information content (AvgIpc) is 2.86. The molecule has 1 aromatic carbocycles. The van der Waals surface area contributed by atoms with Gasteiger partial charge in [0.25, 0.3) is 0 Å². The number of carbonyl (C=O) groups is 2. The lowest BCUT2D eigenvalue weighted by molar-refractivity contribution is -0.123. The Labute approximate surface area is 118 Å². The van der Waals surface area contributed by atoms with Gasteiger partial charge in [-0.3, -0.25) is 9.59 Å². The Kier molecular flexibility index (Phi) is 4.19. The van der Waals surface area contributed by atoms with Crippen LogP contribution in [0.25, 0.3) is 0 Å². The van der Waals surface area contributed by atoms with Gasteiger partial charge in [-0.2, -0.15) is 5.26 Å². The third kappa shape index (κ3) is 2.72. The number of ketones is 2. The lowest BCUT2D eigenvalue weighted by Gasteiger charge is -2.17. The molecule has 0 radical (unpaired) electrons. The van der Waals surface area contributed by atoms with E-state index in [0.717, 1.165) is 6.42 Å². The van der Waals surface area contributed by atoms with Crippen LogP contribution in [-0.2, 0) is 4.79 Å². The van der Waals surface area contributed by atoms with Crippen molar-refractivity contribution in [2.24, 2.45) is 5.41 Å². The maximum Gasteiger partial charge on any atom is 0.162 e. The van der Waals surface area contributed by atoms with E-state index < -0.39 is 5.41 Å². The predicted octanol–water partition coefficient (Wildman–Crippen LogP) is 2.92. The van der Waals surface area contributed by atoms with Crippen LogP contribution in [0.15, 0.2) is 24.3 Å². The van der Waals surface area contributed by atoms with Crippen molar-refractivity contribution >= 4 is 11.6 Å². The normalized spacial score (nSPS) is 21.5. The monoisotopic (exact) mass is 271 g/mol. The number of methoxy groups -OCH3 is 1. The average molecular weight is 271 g/mol. The predicted molar refractivity (Wildman–Crippen MR) is 73.5 cm³/mol. The Balaban J connectivity index is 2.01. The van der Waals surface area contributed by atoms with Gasteiger partial charge in [0.15, 0.2) is 11.6 Å². The second-order valence-electron chi connectivity index (χ2n) is 5.12. The molecule has 0 heterocycles. The Hall–Kier alpha value is -2.15. The number of hydrogen-bond acceptors (Lipinski definition) is 4. The number of carbonyl (C=O) groups excluding carboxylic acids is 2. The van der Waals surface area contributed by atoms with Crippen molar-refractivity contribution in [1.29, 1.82) is 5.26 Å². The highest BCUT2D eigenvalue weighted by Crippen LogP contribution is 2.38. The van der Waals surface area contributed by atoms with E-state index in [1.807, 2.05) is 0 Å². The minimum absolute atomic E-state index is 0.0115. The Morgan fingerprint density at radius 1 is 1.40 bits per heavy atom. The second-order valence-corrected chi connectivity index (χ2v) is 5.12. The molecule has 0 spiro atoms. The molecule has 1 saturated carbocycles. The van der Waals surface area contributed by atoms with Crippen molar-refractivity contribution in [3.05, 3.63) is 29.8 Å². The fourth-order valence-corrected chi connectivity index (χ4v) is 2.62. The zero-order chi connectivity index (χ0) is 14.6. The van der Waals surface area contributed by atoms with Crippen molar-refractivity contribution < 1.29 is 14.3 Å².